The van der Waals surface area contributed by atoms with Crippen LogP contribution in [0.25, 0.3) is 11.1 Å². The van der Waals surface area contributed by atoms with E-state index in [4.69, 9.17) is 5.11 Å². The molecule has 0 fully saturated rings. The van der Waals surface area contributed by atoms with E-state index in [1.807, 2.05) is 19.9 Å². The van der Waals surface area contributed by atoms with E-state index in [0.717, 1.165) is 11.1 Å². The molecule has 2 aromatic rings. The van der Waals surface area contributed by atoms with Crippen molar-refractivity contribution in [1.82, 2.24) is 0 Å². The molecule has 0 heterocycles. The molecule has 110 valence electrons. The van der Waals surface area contributed by atoms with E-state index in [9.17, 15) is 9.59 Å². The molecule has 0 saturated heterocycles. The fraction of sp³-hybridized carbons (Fsp3) is 0.176. The number of esters is 1. The number of carbonyl (C=O) groups is 2. The van der Waals surface area contributed by atoms with Gasteiger partial charge in [0.25, 0.3) is 0 Å². The molecule has 0 bridgehead atoms. The highest BCUT2D eigenvalue weighted by Crippen LogP contribution is 2.22. The molecular weight excluding hydrogens is 268 g/mol. The smallest absolute Gasteiger partial charge is 0.337 e. The standard InChI is InChI=1S/C15H12O4.C2H6/c1-19-15(18)13-7-3-5-11(9-13)10-4-2-6-12(8-10)14(16)17;1-2/h2-9H,1H3,(H,16,17);1-2H3. The van der Waals surface area contributed by atoms with E-state index in [1.165, 1.54) is 13.2 Å². The summed E-state index contributed by atoms with van der Waals surface area (Å²) in [4.78, 5) is 22.4. The summed E-state index contributed by atoms with van der Waals surface area (Å²) in [5, 5.41) is 8.96. The van der Waals surface area contributed by atoms with Crippen LogP contribution in [0.2, 0.25) is 0 Å². The number of carboxylic acids is 1. The van der Waals surface area contributed by atoms with E-state index in [-0.39, 0.29) is 5.56 Å². The molecule has 0 aliphatic carbocycles. The summed E-state index contributed by atoms with van der Waals surface area (Å²) in [6.07, 6.45) is 0. The van der Waals surface area contributed by atoms with Crippen molar-refractivity contribution in [1.29, 1.82) is 0 Å². The van der Waals surface area contributed by atoms with Gasteiger partial charge >= 0.3 is 11.9 Å². The number of hydrogen-bond acceptors (Lipinski definition) is 3. The quantitative estimate of drug-likeness (QED) is 0.870. The van der Waals surface area contributed by atoms with Gasteiger partial charge in [-0.25, -0.2) is 9.59 Å². The largest absolute Gasteiger partial charge is 0.478 e. The summed E-state index contributed by atoms with van der Waals surface area (Å²) in [5.74, 6) is -1.40. The van der Waals surface area contributed by atoms with Crippen LogP contribution in [-0.4, -0.2) is 24.2 Å². The Morgan fingerprint density at radius 3 is 1.86 bits per heavy atom. The summed E-state index contributed by atoms with van der Waals surface area (Å²) in [7, 11) is 1.32. The predicted molar refractivity (Wildman–Crippen MR) is 81.5 cm³/mol. The molecule has 4 nitrogen and oxygen atoms in total. The second-order valence-electron chi connectivity index (χ2n) is 3.96. The number of methoxy groups -OCH3 is 1. The highest BCUT2D eigenvalue weighted by molar-refractivity contribution is 5.92. The van der Waals surface area contributed by atoms with Crippen LogP contribution in [0.15, 0.2) is 48.5 Å². The number of carboxylic acid groups (broad SMARTS) is 1. The van der Waals surface area contributed by atoms with Gasteiger partial charge in [-0.3, -0.25) is 0 Å². The maximum atomic E-state index is 11.5. The lowest BCUT2D eigenvalue weighted by Gasteiger charge is -2.05. The lowest BCUT2D eigenvalue weighted by molar-refractivity contribution is 0.0600. The van der Waals surface area contributed by atoms with Gasteiger partial charge < -0.3 is 9.84 Å². The van der Waals surface area contributed by atoms with E-state index in [2.05, 4.69) is 4.74 Å². The minimum Gasteiger partial charge on any atom is -0.478 e. The number of rotatable bonds is 3. The van der Waals surface area contributed by atoms with Gasteiger partial charge in [0, 0.05) is 0 Å². The highest BCUT2D eigenvalue weighted by Gasteiger charge is 2.08. The van der Waals surface area contributed by atoms with Gasteiger partial charge in [-0.15, -0.1) is 0 Å². The minimum absolute atomic E-state index is 0.209. The molecular formula is C17H18O4. The number of carbonyl (C=O) groups excluding carboxylic acids is 1. The molecule has 0 unspecified atom stereocenters. The topological polar surface area (TPSA) is 63.6 Å². The van der Waals surface area contributed by atoms with Crippen LogP contribution in [0, 0.1) is 0 Å². The Balaban J connectivity index is 0.00000106. The monoisotopic (exact) mass is 286 g/mol. The van der Waals surface area contributed by atoms with Gasteiger partial charge in [-0.2, -0.15) is 0 Å². The maximum Gasteiger partial charge on any atom is 0.337 e. The fourth-order valence-corrected chi connectivity index (χ4v) is 1.78. The van der Waals surface area contributed by atoms with Crippen molar-refractivity contribution in [2.24, 2.45) is 0 Å². The van der Waals surface area contributed by atoms with E-state index in [0.29, 0.717) is 5.56 Å². The van der Waals surface area contributed by atoms with Crippen molar-refractivity contribution in [2.45, 2.75) is 13.8 Å². The zero-order valence-corrected chi connectivity index (χ0v) is 12.3. The molecule has 0 radical (unpaired) electrons. The van der Waals surface area contributed by atoms with Gasteiger partial charge in [0.1, 0.15) is 0 Å². The van der Waals surface area contributed by atoms with Crippen molar-refractivity contribution >= 4 is 11.9 Å². The van der Waals surface area contributed by atoms with Crippen LogP contribution in [0.5, 0.6) is 0 Å². The summed E-state index contributed by atoms with van der Waals surface area (Å²) >= 11 is 0. The summed E-state index contributed by atoms with van der Waals surface area (Å²) in [6, 6.07) is 13.4. The number of aromatic carboxylic acids is 1. The van der Waals surface area contributed by atoms with Crippen molar-refractivity contribution < 1.29 is 19.4 Å². The van der Waals surface area contributed by atoms with Crippen LogP contribution >= 0.6 is 0 Å². The summed E-state index contributed by atoms with van der Waals surface area (Å²) in [6.45, 7) is 4.00. The Morgan fingerprint density at radius 2 is 1.38 bits per heavy atom. The zero-order chi connectivity index (χ0) is 15.8. The van der Waals surface area contributed by atoms with E-state index < -0.39 is 11.9 Å². The molecule has 0 aromatic heterocycles. The Morgan fingerprint density at radius 1 is 0.905 bits per heavy atom. The minimum atomic E-state index is -0.981. The Bertz CT molecular complexity index is 632. The zero-order valence-electron chi connectivity index (χ0n) is 12.3. The molecule has 0 saturated carbocycles. The average molecular weight is 286 g/mol. The molecule has 0 aliphatic heterocycles. The SMILES string of the molecule is CC.COC(=O)c1cccc(-c2cccc(C(=O)O)c2)c1. The van der Waals surface area contributed by atoms with Crippen molar-refractivity contribution in [3.05, 3.63) is 59.7 Å². The second-order valence-corrected chi connectivity index (χ2v) is 3.96. The van der Waals surface area contributed by atoms with E-state index >= 15 is 0 Å². The second kappa shape index (κ2) is 7.85. The molecule has 0 atom stereocenters. The van der Waals surface area contributed by atoms with Crippen LogP contribution in [-0.2, 0) is 4.74 Å². The first-order valence-electron chi connectivity index (χ1n) is 6.64. The first-order valence-corrected chi connectivity index (χ1v) is 6.64. The molecule has 21 heavy (non-hydrogen) atoms. The lowest BCUT2D eigenvalue weighted by atomic mass is 10.0. The summed E-state index contributed by atoms with van der Waals surface area (Å²) < 4.78 is 4.66. The van der Waals surface area contributed by atoms with Crippen LogP contribution < -0.4 is 0 Å². The van der Waals surface area contributed by atoms with Crippen LogP contribution in [0.4, 0.5) is 0 Å². The Kier molecular flexibility index (Phi) is 6.14. The fourth-order valence-electron chi connectivity index (χ4n) is 1.78. The lowest BCUT2D eigenvalue weighted by Crippen LogP contribution is -2.01. The molecule has 2 aromatic carbocycles. The first kappa shape index (κ1) is 16.4. The van der Waals surface area contributed by atoms with Gasteiger partial charge in [0.2, 0.25) is 0 Å². The third-order valence-corrected chi connectivity index (χ3v) is 2.73. The van der Waals surface area contributed by atoms with Crippen molar-refractivity contribution in [2.75, 3.05) is 7.11 Å². The predicted octanol–water partition coefficient (Wildman–Crippen LogP) is 3.86. The molecule has 0 spiro atoms. The van der Waals surface area contributed by atoms with Crippen molar-refractivity contribution in [3.63, 3.8) is 0 Å². The van der Waals surface area contributed by atoms with Gasteiger partial charge in [-0.05, 0) is 35.4 Å². The molecule has 4 heteroatoms. The maximum absolute atomic E-state index is 11.5. The normalized spacial score (nSPS) is 9.29. The first-order chi connectivity index (χ1) is 10.1. The summed E-state index contributed by atoms with van der Waals surface area (Å²) in [5.41, 5.74) is 2.15. The van der Waals surface area contributed by atoms with Crippen LogP contribution in [0.1, 0.15) is 34.6 Å². The Hall–Kier alpha value is -2.62. The molecule has 1 N–H and O–H groups in total. The molecule has 0 aliphatic rings. The van der Waals surface area contributed by atoms with Crippen LogP contribution in [0.3, 0.4) is 0 Å². The molecule has 0 amide bonds. The van der Waals surface area contributed by atoms with Gasteiger partial charge in [0.15, 0.2) is 0 Å². The average Bonchev–Trinajstić information content (AvgIpc) is 2.56. The third-order valence-electron chi connectivity index (χ3n) is 2.73. The van der Waals surface area contributed by atoms with Crippen molar-refractivity contribution in [3.8, 4) is 11.1 Å². The number of benzene rings is 2. The third kappa shape index (κ3) is 4.18. The number of hydrogen-bond donors (Lipinski definition) is 1. The Labute approximate surface area is 124 Å². The number of ether oxygens (including phenoxy) is 1. The van der Waals surface area contributed by atoms with Gasteiger partial charge in [0.05, 0.1) is 18.2 Å². The van der Waals surface area contributed by atoms with Gasteiger partial charge in [-0.1, -0.05) is 38.1 Å². The highest BCUT2D eigenvalue weighted by atomic mass is 16.5. The van der Waals surface area contributed by atoms with E-state index in [1.54, 1.807) is 36.4 Å². The molecule has 2 rings (SSSR count).